The molecule has 1 N–H and O–H groups in total. The third-order valence-corrected chi connectivity index (χ3v) is 6.79. The van der Waals surface area contributed by atoms with Crippen molar-refractivity contribution in [1.29, 1.82) is 0 Å². The Hall–Kier alpha value is -4.59. The number of nitrogens with zero attached hydrogens (tertiary/aromatic N) is 1. The van der Waals surface area contributed by atoms with E-state index in [1.807, 2.05) is 20.8 Å². The van der Waals surface area contributed by atoms with Crippen LogP contribution in [0, 0.1) is 0 Å². The highest BCUT2D eigenvalue weighted by atomic mass is 16.5. The molecule has 1 atom stereocenters. The summed E-state index contributed by atoms with van der Waals surface area (Å²) < 4.78 is 15.9. The molecular weight excluding hydrogens is 510 g/mol. The molecule has 0 saturated carbocycles. The topological polar surface area (TPSA) is 102 Å². The summed E-state index contributed by atoms with van der Waals surface area (Å²) in [5.41, 5.74) is 1.95. The quantitative estimate of drug-likeness (QED) is 0.174. The molecule has 0 aromatic heterocycles. The Labute approximate surface area is 233 Å². The van der Waals surface area contributed by atoms with Crippen LogP contribution in [0.25, 0.3) is 5.76 Å². The first-order valence-electron chi connectivity index (χ1n) is 12.9. The van der Waals surface area contributed by atoms with Gasteiger partial charge in [0.05, 0.1) is 38.0 Å². The minimum atomic E-state index is -0.969. The van der Waals surface area contributed by atoms with Crippen LogP contribution in [0.2, 0.25) is 0 Å². The molecule has 40 heavy (non-hydrogen) atoms. The number of aliphatic hydroxyl groups is 1. The van der Waals surface area contributed by atoms with E-state index in [-0.39, 0.29) is 28.9 Å². The van der Waals surface area contributed by atoms with Crippen molar-refractivity contribution in [2.45, 2.75) is 39.2 Å². The lowest BCUT2D eigenvalue weighted by Gasteiger charge is -2.26. The number of carbonyl (C=O) groups excluding carboxylic acids is 3. The maximum Gasteiger partial charge on any atom is 0.338 e. The Bertz CT molecular complexity index is 1480. The molecule has 4 rings (SSSR count). The summed E-state index contributed by atoms with van der Waals surface area (Å²) in [5.74, 6) is -1.28. The fraction of sp³-hybridized carbons (Fsp3) is 0.281. The maximum atomic E-state index is 13.6. The number of Topliss-reactive ketones (excluding diaryl/α,β-unsaturated/α-hetero) is 1. The van der Waals surface area contributed by atoms with E-state index in [1.165, 1.54) is 11.0 Å². The number of amides is 1. The highest BCUT2D eigenvalue weighted by Gasteiger charge is 2.47. The van der Waals surface area contributed by atoms with E-state index < -0.39 is 23.7 Å². The van der Waals surface area contributed by atoms with Gasteiger partial charge in [-0.3, -0.25) is 14.5 Å². The highest BCUT2D eigenvalue weighted by Crippen LogP contribution is 2.43. The fourth-order valence-electron chi connectivity index (χ4n) is 4.79. The number of benzene rings is 3. The van der Waals surface area contributed by atoms with Crippen molar-refractivity contribution in [3.8, 4) is 11.5 Å². The zero-order valence-electron chi connectivity index (χ0n) is 23.5. The lowest BCUT2D eigenvalue weighted by atomic mass is 9.84. The van der Waals surface area contributed by atoms with Gasteiger partial charge in [0.25, 0.3) is 11.7 Å². The zero-order valence-corrected chi connectivity index (χ0v) is 23.5. The smallest absolute Gasteiger partial charge is 0.338 e. The van der Waals surface area contributed by atoms with Gasteiger partial charge in [-0.05, 0) is 66.4 Å². The van der Waals surface area contributed by atoms with Gasteiger partial charge in [0, 0.05) is 16.8 Å². The molecule has 0 aliphatic carbocycles. The van der Waals surface area contributed by atoms with E-state index in [1.54, 1.807) is 81.8 Å². The lowest BCUT2D eigenvalue weighted by molar-refractivity contribution is -0.132. The molecule has 208 valence electrons. The molecule has 1 aliphatic rings. The van der Waals surface area contributed by atoms with Crippen LogP contribution in [0.1, 0.15) is 60.8 Å². The number of hydrogen-bond donors (Lipinski definition) is 1. The Morgan fingerprint density at radius 3 is 2.23 bits per heavy atom. The zero-order chi connectivity index (χ0) is 29.2. The number of ketones is 1. The van der Waals surface area contributed by atoms with E-state index in [4.69, 9.17) is 14.2 Å². The van der Waals surface area contributed by atoms with Crippen LogP contribution in [-0.4, -0.2) is 43.6 Å². The number of aliphatic hydroxyl groups excluding tert-OH is 1. The monoisotopic (exact) mass is 543 g/mol. The largest absolute Gasteiger partial charge is 0.507 e. The summed E-state index contributed by atoms with van der Waals surface area (Å²) >= 11 is 0. The van der Waals surface area contributed by atoms with Gasteiger partial charge in [0.1, 0.15) is 17.3 Å². The summed E-state index contributed by atoms with van der Waals surface area (Å²) in [7, 11) is 3.11. The van der Waals surface area contributed by atoms with Crippen molar-refractivity contribution in [2.24, 2.45) is 0 Å². The van der Waals surface area contributed by atoms with E-state index in [0.717, 1.165) is 5.56 Å². The van der Waals surface area contributed by atoms with Gasteiger partial charge >= 0.3 is 5.97 Å². The van der Waals surface area contributed by atoms with E-state index in [0.29, 0.717) is 28.3 Å². The molecule has 0 bridgehead atoms. The number of esters is 1. The molecule has 1 fully saturated rings. The number of anilines is 1. The van der Waals surface area contributed by atoms with Crippen LogP contribution < -0.4 is 14.4 Å². The molecule has 8 heteroatoms. The van der Waals surface area contributed by atoms with Crippen molar-refractivity contribution < 1.29 is 33.7 Å². The number of methoxy groups -OCH3 is 2. The standard InChI is InChI=1S/C32H33NO7/c1-7-40-31(37)21-9-8-10-22(17-21)33-27(19-11-14-23(38-5)15-12-19)26(29(35)30(33)36)28(34)20-13-16-25(39-6)24(18-20)32(2,3)4/h8-18,27,34H,7H2,1-6H3/b28-26-. The van der Waals surface area contributed by atoms with Gasteiger partial charge in [-0.2, -0.15) is 0 Å². The molecule has 1 unspecified atom stereocenters. The van der Waals surface area contributed by atoms with Gasteiger partial charge in [-0.1, -0.05) is 39.0 Å². The maximum absolute atomic E-state index is 13.6. The van der Waals surface area contributed by atoms with E-state index >= 15 is 0 Å². The first kappa shape index (κ1) is 28.4. The lowest BCUT2D eigenvalue weighted by Crippen LogP contribution is -2.29. The second kappa shape index (κ2) is 11.3. The minimum Gasteiger partial charge on any atom is -0.507 e. The summed E-state index contributed by atoms with van der Waals surface area (Å²) in [6, 6.07) is 17.4. The van der Waals surface area contributed by atoms with Crippen LogP contribution in [0.5, 0.6) is 11.5 Å². The summed E-state index contributed by atoms with van der Waals surface area (Å²) in [4.78, 5) is 40.9. The van der Waals surface area contributed by atoms with Crippen LogP contribution in [-0.2, 0) is 19.7 Å². The summed E-state index contributed by atoms with van der Waals surface area (Å²) in [6.07, 6.45) is 0. The predicted molar refractivity (Wildman–Crippen MR) is 152 cm³/mol. The molecule has 3 aromatic carbocycles. The molecule has 1 amide bonds. The fourth-order valence-corrected chi connectivity index (χ4v) is 4.79. The van der Waals surface area contributed by atoms with Gasteiger partial charge in [-0.15, -0.1) is 0 Å². The van der Waals surface area contributed by atoms with E-state index in [2.05, 4.69) is 0 Å². The molecule has 0 spiro atoms. The van der Waals surface area contributed by atoms with Crippen LogP contribution in [0.4, 0.5) is 5.69 Å². The molecule has 1 heterocycles. The van der Waals surface area contributed by atoms with Crippen molar-refractivity contribution >= 4 is 29.1 Å². The SMILES string of the molecule is CCOC(=O)c1cccc(N2C(=O)C(=O)/C(=C(\O)c3ccc(OC)c(C(C)(C)C)c3)C2c2ccc(OC)cc2)c1. The third kappa shape index (κ3) is 5.30. The van der Waals surface area contributed by atoms with Gasteiger partial charge in [0.15, 0.2) is 0 Å². The van der Waals surface area contributed by atoms with Crippen molar-refractivity contribution in [3.63, 3.8) is 0 Å². The Morgan fingerprint density at radius 2 is 1.62 bits per heavy atom. The first-order chi connectivity index (χ1) is 19.0. The van der Waals surface area contributed by atoms with Gasteiger partial charge in [0.2, 0.25) is 0 Å². The van der Waals surface area contributed by atoms with Crippen molar-refractivity contribution in [3.05, 3.63) is 94.6 Å². The third-order valence-electron chi connectivity index (χ3n) is 6.79. The molecular formula is C32H33NO7. The Kier molecular flexibility index (Phi) is 8.00. The average molecular weight is 544 g/mol. The average Bonchev–Trinajstić information content (AvgIpc) is 3.22. The Morgan fingerprint density at radius 1 is 0.925 bits per heavy atom. The molecule has 3 aromatic rings. The first-order valence-corrected chi connectivity index (χ1v) is 12.9. The highest BCUT2D eigenvalue weighted by molar-refractivity contribution is 6.51. The summed E-state index contributed by atoms with van der Waals surface area (Å²) in [5, 5.41) is 11.6. The van der Waals surface area contributed by atoms with E-state index in [9.17, 15) is 19.5 Å². The predicted octanol–water partition coefficient (Wildman–Crippen LogP) is 5.80. The van der Waals surface area contributed by atoms with Crippen LogP contribution in [0.3, 0.4) is 0 Å². The van der Waals surface area contributed by atoms with Gasteiger partial charge in [-0.25, -0.2) is 4.79 Å². The van der Waals surface area contributed by atoms with Crippen molar-refractivity contribution in [1.82, 2.24) is 0 Å². The molecule has 1 saturated heterocycles. The van der Waals surface area contributed by atoms with Crippen LogP contribution in [0.15, 0.2) is 72.3 Å². The molecule has 1 aliphatic heterocycles. The number of carbonyl (C=O) groups is 3. The molecule has 8 nitrogen and oxygen atoms in total. The molecule has 0 radical (unpaired) electrons. The number of rotatable bonds is 7. The van der Waals surface area contributed by atoms with Crippen molar-refractivity contribution in [2.75, 3.05) is 25.7 Å². The second-order valence-electron chi connectivity index (χ2n) is 10.4. The number of ether oxygens (including phenoxy) is 3. The van der Waals surface area contributed by atoms with Crippen LogP contribution >= 0.6 is 0 Å². The normalized spacial score (nSPS) is 16.6. The van der Waals surface area contributed by atoms with Gasteiger partial charge < -0.3 is 19.3 Å². The number of hydrogen-bond acceptors (Lipinski definition) is 7. The summed E-state index contributed by atoms with van der Waals surface area (Å²) in [6.45, 7) is 7.94. The Balaban J connectivity index is 1.94. The second-order valence-corrected chi connectivity index (χ2v) is 10.4. The minimum absolute atomic E-state index is 0.0678.